The van der Waals surface area contributed by atoms with Gasteiger partial charge in [-0.3, -0.25) is 9.98 Å². The maximum atomic E-state index is 4.82. The Labute approximate surface area is 220 Å². The summed E-state index contributed by atoms with van der Waals surface area (Å²) in [7, 11) is 0. The van der Waals surface area contributed by atoms with E-state index in [4.69, 9.17) is 9.98 Å². The first-order valence-electron chi connectivity index (χ1n) is 11.7. The van der Waals surface area contributed by atoms with Crippen molar-refractivity contribution in [2.45, 2.75) is 19.6 Å². The minimum Gasteiger partial charge on any atom is -0.254 e. The molecule has 4 heteroatoms. The second-order valence-corrected chi connectivity index (χ2v) is 10.1. The number of aliphatic imine (C=N–C) groups is 2. The summed E-state index contributed by atoms with van der Waals surface area (Å²) in [5, 5.41) is 0. The third-order valence-corrected chi connectivity index (χ3v) is 7.55. The monoisotopic (exact) mass is 500 g/mol. The largest absolute Gasteiger partial charge is 0.254 e. The fraction of sp³-hybridized carbons (Fsp3) is 0. The first-order chi connectivity index (χ1) is 17.8. The summed E-state index contributed by atoms with van der Waals surface area (Å²) < 4.78 is 0. The first kappa shape index (κ1) is 23.9. The molecule has 5 aromatic rings. The van der Waals surface area contributed by atoms with Gasteiger partial charge in [0.2, 0.25) is 0 Å². The maximum absolute atomic E-state index is 4.82. The van der Waals surface area contributed by atoms with Crippen molar-refractivity contribution in [3.8, 4) is 0 Å². The Morgan fingerprint density at radius 3 is 1.19 bits per heavy atom. The van der Waals surface area contributed by atoms with E-state index in [0.717, 1.165) is 22.5 Å². The van der Waals surface area contributed by atoms with Crippen LogP contribution in [-0.2, 0) is 0 Å². The Kier molecular flexibility index (Phi) is 8.09. The molecule has 0 aliphatic rings. The second-order valence-electron chi connectivity index (χ2n) is 7.91. The highest BCUT2D eigenvalue weighted by Gasteiger charge is 2.05. The van der Waals surface area contributed by atoms with Gasteiger partial charge in [-0.15, -0.1) is 0 Å². The van der Waals surface area contributed by atoms with Crippen LogP contribution in [0.15, 0.2) is 163 Å². The molecule has 0 unspecified atom stereocenters. The van der Waals surface area contributed by atoms with Gasteiger partial charge >= 0.3 is 0 Å². The van der Waals surface area contributed by atoms with Crippen LogP contribution in [0, 0.1) is 0 Å². The van der Waals surface area contributed by atoms with E-state index in [0.29, 0.717) is 0 Å². The predicted molar refractivity (Wildman–Crippen MR) is 155 cm³/mol. The first-order valence-corrected chi connectivity index (χ1v) is 13.3. The minimum absolute atomic E-state index is 0.835. The van der Waals surface area contributed by atoms with Crippen LogP contribution in [0.1, 0.15) is 11.1 Å². The van der Waals surface area contributed by atoms with Crippen molar-refractivity contribution in [2.24, 2.45) is 9.98 Å². The molecule has 0 aliphatic carbocycles. The number of rotatable bonds is 8. The van der Waals surface area contributed by atoms with Crippen LogP contribution in [0.5, 0.6) is 0 Å². The number of hydrogen-bond acceptors (Lipinski definition) is 4. The zero-order valence-corrected chi connectivity index (χ0v) is 21.2. The maximum Gasteiger partial charge on any atom is 0.0886 e. The summed E-state index contributed by atoms with van der Waals surface area (Å²) in [4.78, 5) is 14.4. The topological polar surface area (TPSA) is 24.7 Å². The van der Waals surface area contributed by atoms with Crippen LogP contribution in [0.3, 0.4) is 0 Å². The molecule has 36 heavy (non-hydrogen) atoms. The van der Waals surface area contributed by atoms with Crippen LogP contribution < -0.4 is 0 Å². The molecule has 5 rings (SSSR count). The molecule has 0 aromatic heterocycles. The van der Waals surface area contributed by atoms with E-state index in [-0.39, 0.29) is 0 Å². The van der Waals surface area contributed by atoms with E-state index in [9.17, 15) is 0 Å². The lowest BCUT2D eigenvalue weighted by Gasteiger charge is -2.06. The molecule has 174 valence electrons. The highest BCUT2D eigenvalue weighted by Crippen LogP contribution is 2.33. The molecular weight excluding hydrogens is 477 g/mol. The number of para-hydroxylation sites is 2. The fourth-order valence-corrected chi connectivity index (χ4v) is 5.42. The van der Waals surface area contributed by atoms with Crippen LogP contribution >= 0.6 is 23.5 Å². The van der Waals surface area contributed by atoms with E-state index in [1.165, 1.54) is 19.6 Å². The second kappa shape index (κ2) is 12.2. The van der Waals surface area contributed by atoms with Gasteiger partial charge in [-0.25, -0.2) is 0 Å². The summed E-state index contributed by atoms with van der Waals surface area (Å²) in [5.74, 6) is 0. The van der Waals surface area contributed by atoms with Gasteiger partial charge in [0.1, 0.15) is 0 Å². The third-order valence-electron chi connectivity index (χ3n) is 5.35. The van der Waals surface area contributed by atoms with E-state index >= 15 is 0 Å². The molecule has 0 radical (unpaired) electrons. The SMILES string of the molecule is C(=Nc1ccccc1N=Cc1ccccc1Sc1ccccc1)c1ccccc1Sc1ccccc1. The Balaban J connectivity index is 1.38. The smallest absolute Gasteiger partial charge is 0.0886 e. The lowest BCUT2D eigenvalue weighted by atomic mass is 10.2. The third kappa shape index (κ3) is 6.42. The molecule has 0 saturated heterocycles. The molecule has 0 atom stereocenters. The van der Waals surface area contributed by atoms with Gasteiger partial charge in [-0.1, -0.05) is 108 Å². The molecule has 0 aliphatic heterocycles. The van der Waals surface area contributed by atoms with Crippen molar-refractivity contribution in [3.05, 3.63) is 145 Å². The summed E-state index contributed by atoms with van der Waals surface area (Å²) in [6.07, 6.45) is 3.86. The van der Waals surface area contributed by atoms with Gasteiger partial charge in [-0.05, 0) is 48.5 Å². The summed E-state index contributed by atoms with van der Waals surface area (Å²) in [5.41, 5.74) is 3.83. The summed E-state index contributed by atoms with van der Waals surface area (Å²) in [6, 6.07) is 45.4. The van der Waals surface area contributed by atoms with Gasteiger partial charge in [0.15, 0.2) is 0 Å². The van der Waals surface area contributed by atoms with Gasteiger partial charge in [0, 0.05) is 43.1 Å². The van der Waals surface area contributed by atoms with Crippen molar-refractivity contribution in [2.75, 3.05) is 0 Å². The lowest BCUT2D eigenvalue weighted by molar-refractivity contribution is 1.37. The highest BCUT2D eigenvalue weighted by atomic mass is 32.2. The van der Waals surface area contributed by atoms with E-state index < -0.39 is 0 Å². The average Bonchev–Trinajstić information content (AvgIpc) is 2.94. The Hall–Kier alpha value is -3.86. The van der Waals surface area contributed by atoms with Crippen LogP contribution in [0.2, 0.25) is 0 Å². The quantitative estimate of drug-likeness (QED) is 0.198. The van der Waals surface area contributed by atoms with E-state index in [1.807, 2.05) is 61.0 Å². The molecule has 0 bridgehead atoms. The number of benzene rings is 5. The Bertz CT molecular complexity index is 1360. The molecule has 5 aromatic carbocycles. The van der Waals surface area contributed by atoms with Crippen molar-refractivity contribution >= 4 is 47.3 Å². The zero-order valence-electron chi connectivity index (χ0n) is 19.6. The van der Waals surface area contributed by atoms with E-state index in [1.54, 1.807) is 23.5 Å². The van der Waals surface area contributed by atoms with Crippen molar-refractivity contribution in [1.82, 2.24) is 0 Å². The molecule has 2 nitrogen and oxygen atoms in total. The number of hydrogen-bond donors (Lipinski definition) is 0. The molecule has 0 saturated carbocycles. The highest BCUT2D eigenvalue weighted by molar-refractivity contribution is 7.99. The fourth-order valence-electron chi connectivity index (χ4n) is 3.55. The Morgan fingerprint density at radius 1 is 0.389 bits per heavy atom. The summed E-state index contributed by atoms with van der Waals surface area (Å²) in [6.45, 7) is 0. The van der Waals surface area contributed by atoms with Gasteiger partial charge in [0.25, 0.3) is 0 Å². The molecule has 0 heterocycles. The van der Waals surface area contributed by atoms with Crippen LogP contribution in [0.4, 0.5) is 11.4 Å². The predicted octanol–water partition coefficient (Wildman–Crippen LogP) is 9.49. The average molecular weight is 501 g/mol. The summed E-state index contributed by atoms with van der Waals surface area (Å²) >= 11 is 3.48. The van der Waals surface area contributed by atoms with Crippen LogP contribution in [-0.4, -0.2) is 12.4 Å². The Morgan fingerprint density at radius 2 is 0.750 bits per heavy atom. The van der Waals surface area contributed by atoms with Crippen molar-refractivity contribution < 1.29 is 0 Å². The van der Waals surface area contributed by atoms with Crippen molar-refractivity contribution in [1.29, 1.82) is 0 Å². The van der Waals surface area contributed by atoms with Gasteiger partial charge in [0.05, 0.1) is 11.4 Å². The van der Waals surface area contributed by atoms with Crippen LogP contribution in [0.25, 0.3) is 0 Å². The normalized spacial score (nSPS) is 11.3. The van der Waals surface area contributed by atoms with E-state index in [2.05, 4.69) is 84.9 Å². The number of nitrogens with zero attached hydrogens (tertiary/aromatic N) is 2. The minimum atomic E-state index is 0.835. The zero-order chi connectivity index (χ0) is 24.4. The molecular formula is C32H24N2S2. The standard InChI is InChI=1S/C32H24N2S2/c1-3-15-27(16-4-1)35-31-21-11-7-13-25(31)23-33-29-19-9-10-20-30(29)34-24-26-14-8-12-22-32(26)36-28-17-5-2-6-18-28/h1-24H. The molecule has 0 fully saturated rings. The lowest BCUT2D eigenvalue weighted by Crippen LogP contribution is -1.86. The molecule has 0 amide bonds. The van der Waals surface area contributed by atoms with Gasteiger partial charge in [-0.2, -0.15) is 0 Å². The molecule has 0 N–H and O–H groups in total. The van der Waals surface area contributed by atoms with Gasteiger partial charge < -0.3 is 0 Å². The molecule has 0 spiro atoms. The van der Waals surface area contributed by atoms with Crippen molar-refractivity contribution in [3.63, 3.8) is 0 Å².